The quantitative estimate of drug-likeness (QED) is 0.733. The fraction of sp³-hybridized carbons (Fsp3) is 0.176. The molecule has 23 heavy (non-hydrogen) atoms. The summed E-state index contributed by atoms with van der Waals surface area (Å²) in [5.41, 5.74) is 3.05. The van der Waals surface area contributed by atoms with Crippen molar-refractivity contribution in [3.8, 4) is 5.75 Å². The third-order valence-corrected chi connectivity index (χ3v) is 4.31. The average molecular weight is 324 g/mol. The molecule has 0 fully saturated rings. The number of hydrogen-bond donors (Lipinski definition) is 1. The van der Waals surface area contributed by atoms with E-state index in [4.69, 9.17) is 21.9 Å². The predicted molar refractivity (Wildman–Crippen MR) is 96.3 cm³/mol. The van der Waals surface area contributed by atoms with Gasteiger partial charge in [-0.15, -0.1) is 0 Å². The van der Waals surface area contributed by atoms with Gasteiger partial charge in [-0.3, -0.25) is 4.90 Å². The number of para-hydroxylation sites is 2. The Morgan fingerprint density at radius 2 is 2.04 bits per heavy atom. The van der Waals surface area contributed by atoms with Crippen LogP contribution < -0.4 is 15.0 Å². The number of rotatable bonds is 2. The number of anilines is 2. The van der Waals surface area contributed by atoms with E-state index in [1.165, 1.54) is 0 Å². The molecule has 2 heterocycles. The highest BCUT2D eigenvalue weighted by Crippen LogP contribution is 2.28. The second-order valence-corrected chi connectivity index (χ2v) is 5.75. The van der Waals surface area contributed by atoms with Crippen molar-refractivity contribution in [1.82, 2.24) is 9.55 Å². The summed E-state index contributed by atoms with van der Waals surface area (Å²) >= 11 is 5.58. The molecule has 4 rings (SSSR count). The van der Waals surface area contributed by atoms with Crippen molar-refractivity contribution in [2.45, 2.75) is 6.54 Å². The van der Waals surface area contributed by atoms with E-state index in [9.17, 15) is 0 Å². The highest BCUT2D eigenvalue weighted by molar-refractivity contribution is 7.80. The topological polar surface area (TPSA) is 42.3 Å². The van der Waals surface area contributed by atoms with Crippen LogP contribution in [0.3, 0.4) is 0 Å². The minimum atomic E-state index is 0.646. The van der Waals surface area contributed by atoms with Crippen molar-refractivity contribution in [2.24, 2.45) is 0 Å². The second kappa shape index (κ2) is 5.55. The maximum absolute atomic E-state index is 5.58. The summed E-state index contributed by atoms with van der Waals surface area (Å²) in [5.74, 6) is 1.69. The summed E-state index contributed by atoms with van der Waals surface area (Å²) in [6.07, 6.45) is 0. The van der Waals surface area contributed by atoms with Gasteiger partial charge in [-0.05, 0) is 36.5 Å². The molecular weight excluding hydrogens is 308 g/mol. The van der Waals surface area contributed by atoms with Crippen molar-refractivity contribution in [3.63, 3.8) is 0 Å². The average Bonchev–Trinajstić information content (AvgIpc) is 3.14. The van der Waals surface area contributed by atoms with Crippen LogP contribution in [0.2, 0.25) is 0 Å². The molecule has 1 aliphatic rings. The molecule has 0 saturated heterocycles. The molecule has 1 aromatic heterocycles. The lowest BCUT2D eigenvalue weighted by Crippen LogP contribution is -2.33. The minimum absolute atomic E-state index is 0.646. The molecule has 1 aliphatic heterocycles. The number of methoxy groups -OCH3 is 1. The van der Waals surface area contributed by atoms with E-state index in [2.05, 4.69) is 16.0 Å². The number of aromatic nitrogens is 2. The molecular formula is C17H16N4OS. The molecule has 0 unspecified atom stereocenters. The number of nitrogens with zero attached hydrogens (tertiary/aromatic N) is 3. The van der Waals surface area contributed by atoms with Crippen LogP contribution in [-0.2, 0) is 6.54 Å². The summed E-state index contributed by atoms with van der Waals surface area (Å²) in [5, 5.41) is 3.91. The molecule has 0 bridgehead atoms. The third kappa shape index (κ3) is 2.41. The maximum Gasteiger partial charge on any atom is 0.213 e. The van der Waals surface area contributed by atoms with Crippen LogP contribution in [0.4, 0.5) is 11.6 Å². The molecule has 0 atom stereocenters. The van der Waals surface area contributed by atoms with Crippen LogP contribution >= 0.6 is 12.2 Å². The Balaban J connectivity index is 1.61. The van der Waals surface area contributed by atoms with E-state index < -0.39 is 0 Å². The predicted octanol–water partition coefficient (Wildman–Crippen LogP) is 3.26. The zero-order valence-electron chi connectivity index (χ0n) is 12.7. The van der Waals surface area contributed by atoms with Gasteiger partial charge in [-0.25, -0.2) is 4.98 Å². The fourth-order valence-electron chi connectivity index (χ4n) is 2.87. The molecule has 5 nitrogen and oxygen atoms in total. The molecule has 2 aromatic carbocycles. The molecule has 0 saturated carbocycles. The Kier molecular flexibility index (Phi) is 3.38. The standard InChI is InChI=1S/C17H16N4OS/c1-22-13-6-4-5-12(11-13)18-17(23)21-10-9-20-15-8-3-2-7-14(15)19-16(20)21/h2-8,11H,9-10H2,1H3,(H,18,23). The van der Waals surface area contributed by atoms with E-state index in [1.807, 2.05) is 47.4 Å². The zero-order chi connectivity index (χ0) is 15.8. The van der Waals surface area contributed by atoms with Gasteiger partial charge in [0, 0.05) is 24.8 Å². The SMILES string of the molecule is COc1cccc(NC(=S)N2CCn3c2nc2ccccc23)c1. The number of thiocarbonyl (C=S) groups is 1. The number of hydrogen-bond acceptors (Lipinski definition) is 3. The van der Waals surface area contributed by atoms with Crippen LogP contribution in [0.5, 0.6) is 5.75 Å². The van der Waals surface area contributed by atoms with E-state index in [1.54, 1.807) is 7.11 Å². The van der Waals surface area contributed by atoms with Gasteiger partial charge < -0.3 is 14.6 Å². The largest absolute Gasteiger partial charge is 0.497 e. The molecule has 3 aromatic rings. The Morgan fingerprint density at radius 1 is 1.17 bits per heavy atom. The first-order valence-electron chi connectivity index (χ1n) is 7.44. The van der Waals surface area contributed by atoms with Gasteiger partial charge in [0.25, 0.3) is 0 Å². The number of nitrogens with one attached hydrogen (secondary N) is 1. The Morgan fingerprint density at radius 3 is 2.91 bits per heavy atom. The Hall–Kier alpha value is -2.60. The first kappa shape index (κ1) is 14.0. The van der Waals surface area contributed by atoms with E-state index in [0.29, 0.717) is 5.11 Å². The van der Waals surface area contributed by atoms with Gasteiger partial charge in [-0.1, -0.05) is 18.2 Å². The zero-order valence-corrected chi connectivity index (χ0v) is 13.5. The Labute approximate surface area is 139 Å². The molecule has 116 valence electrons. The smallest absolute Gasteiger partial charge is 0.213 e. The van der Waals surface area contributed by atoms with Crippen molar-refractivity contribution >= 4 is 40.0 Å². The lowest BCUT2D eigenvalue weighted by Gasteiger charge is -2.18. The van der Waals surface area contributed by atoms with E-state index in [0.717, 1.165) is 41.5 Å². The van der Waals surface area contributed by atoms with Gasteiger partial charge >= 0.3 is 0 Å². The van der Waals surface area contributed by atoms with Crippen LogP contribution in [-0.4, -0.2) is 28.3 Å². The van der Waals surface area contributed by atoms with Crippen molar-refractivity contribution in [1.29, 1.82) is 0 Å². The van der Waals surface area contributed by atoms with Gasteiger partial charge in [0.15, 0.2) is 5.11 Å². The fourth-order valence-corrected chi connectivity index (χ4v) is 3.16. The van der Waals surface area contributed by atoms with Gasteiger partial charge in [-0.2, -0.15) is 0 Å². The van der Waals surface area contributed by atoms with Gasteiger partial charge in [0.05, 0.1) is 18.1 Å². The Bertz CT molecular complexity index is 889. The highest BCUT2D eigenvalue weighted by atomic mass is 32.1. The van der Waals surface area contributed by atoms with Crippen LogP contribution in [0.15, 0.2) is 48.5 Å². The molecule has 0 amide bonds. The number of fused-ring (bicyclic) bond motifs is 3. The first-order valence-corrected chi connectivity index (χ1v) is 7.85. The van der Waals surface area contributed by atoms with E-state index >= 15 is 0 Å². The summed E-state index contributed by atoms with van der Waals surface area (Å²) in [4.78, 5) is 6.74. The van der Waals surface area contributed by atoms with Crippen molar-refractivity contribution < 1.29 is 4.74 Å². The number of ether oxygens (including phenoxy) is 1. The van der Waals surface area contributed by atoms with Crippen molar-refractivity contribution in [3.05, 3.63) is 48.5 Å². The summed E-state index contributed by atoms with van der Waals surface area (Å²) in [6.45, 7) is 1.71. The lowest BCUT2D eigenvalue weighted by atomic mass is 10.3. The third-order valence-electron chi connectivity index (χ3n) is 3.99. The van der Waals surface area contributed by atoms with Gasteiger partial charge in [0.1, 0.15) is 5.75 Å². The van der Waals surface area contributed by atoms with Gasteiger partial charge in [0.2, 0.25) is 5.95 Å². The highest BCUT2D eigenvalue weighted by Gasteiger charge is 2.26. The number of benzene rings is 2. The molecule has 6 heteroatoms. The molecule has 0 aliphatic carbocycles. The molecule has 0 spiro atoms. The molecule has 1 N–H and O–H groups in total. The monoisotopic (exact) mass is 324 g/mol. The molecule has 0 radical (unpaired) electrons. The number of imidazole rings is 1. The first-order chi connectivity index (χ1) is 11.3. The summed E-state index contributed by atoms with van der Waals surface area (Å²) < 4.78 is 7.45. The van der Waals surface area contributed by atoms with Crippen LogP contribution in [0.1, 0.15) is 0 Å². The second-order valence-electron chi connectivity index (χ2n) is 5.37. The maximum atomic E-state index is 5.58. The van der Waals surface area contributed by atoms with Crippen LogP contribution in [0, 0.1) is 0 Å². The van der Waals surface area contributed by atoms with E-state index in [-0.39, 0.29) is 0 Å². The summed E-state index contributed by atoms with van der Waals surface area (Å²) in [7, 11) is 1.65. The van der Waals surface area contributed by atoms with Crippen molar-refractivity contribution in [2.75, 3.05) is 23.9 Å². The normalized spacial score (nSPS) is 13.2. The van der Waals surface area contributed by atoms with Crippen LogP contribution in [0.25, 0.3) is 11.0 Å². The summed E-state index contributed by atoms with van der Waals surface area (Å²) in [6, 6.07) is 15.9. The minimum Gasteiger partial charge on any atom is -0.497 e. The lowest BCUT2D eigenvalue weighted by molar-refractivity contribution is 0.415.